The van der Waals surface area contributed by atoms with Crippen LogP contribution in [0.5, 0.6) is 0 Å². The number of likely N-dealkylation sites (N-methyl/N-ethyl adjacent to an activating group) is 1. The van der Waals surface area contributed by atoms with Gasteiger partial charge in [0.1, 0.15) is 0 Å². The highest BCUT2D eigenvalue weighted by Gasteiger charge is 2.33. The Bertz CT molecular complexity index is 528. The lowest BCUT2D eigenvalue weighted by molar-refractivity contribution is -0.132. The van der Waals surface area contributed by atoms with E-state index < -0.39 is 0 Å². The molecule has 1 fully saturated rings. The Balaban J connectivity index is 1.71. The fraction of sp³-hybridized carbons (Fsp3) is 0.611. The Morgan fingerprint density at radius 3 is 2.77 bits per heavy atom. The van der Waals surface area contributed by atoms with E-state index in [4.69, 9.17) is 0 Å². The van der Waals surface area contributed by atoms with Crippen LogP contribution >= 0.6 is 0 Å². The maximum atomic E-state index is 12.5. The molecule has 0 aromatic heterocycles. The molecule has 22 heavy (non-hydrogen) atoms. The minimum Gasteiger partial charge on any atom is -0.396 e. The van der Waals surface area contributed by atoms with E-state index in [2.05, 4.69) is 29.2 Å². The molecule has 1 aromatic rings. The Morgan fingerprint density at radius 2 is 2.05 bits per heavy atom. The van der Waals surface area contributed by atoms with E-state index in [1.807, 2.05) is 11.9 Å². The normalized spacial score (nSPS) is 20.2. The molecule has 4 heteroatoms. The molecule has 0 spiro atoms. The monoisotopic (exact) mass is 302 g/mol. The number of aliphatic hydroxyl groups excluding tert-OH is 1. The summed E-state index contributed by atoms with van der Waals surface area (Å²) in [6.45, 7) is 1.42. The van der Waals surface area contributed by atoms with Crippen molar-refractivity contribution in [2.75, 3.05) is 26.7 Å². The van der Waals surface area contributed by atoms with Gasteiger partial charge in [0.25, 0.3) is 0 Å². The Labute approximate surface area is 132 Å². The summed E-state index contributed by atoms with van der Waals surface area (Å²) in [5.74, 6) is 0.213. The number of nitrogens with zero attached hydrogens (tertiary/aromatic N) is 2. The lowest BCUT2D eigenvalue weighted by Gasteiger charge is -2.30. The van der Waals surface area contributed by atoms with Gasteiger partial charge in [-0.05, 0) is 43.2 Å². The zero-order valence-electron chi connectivity index (χ0n) is 13.4. The average molecular weight is 302 g/mol. The second-order valence-electron chi connectivity index (χ2n) is 6.54. The van der Waals surface area contributed by atoms with Crippen LogP contribution in [0.2, 0.25) is 0 Å². The quantitative estimate of drug-likeness (QED) is 0.837. The number of rotatable bonds is 7. The number of carbonyl (C=O) groups excluding carboxylic acids is 1. The predicted octanol–water partition coefficient (Wildman–Crippen LogP) is 1.98. The van der Waals surface area contributed by atoms with Crippen molar-refractivity contribution in [2.24, 2.45) is 0 Å². The predicted molar refractivity (Wildman–Crippen MR) is 86.6 cm³/mol. The highest BCUT2D eigenvalue weighted by atomic mass is 16.3. The minimum atomic E-state index is 0.178. The zero-order valence-corrected chi connectivity index (χ0v) is 13.4. The van der Waals surface area contributed by atoms with Gasteiger partial charge in [-0.15, -0.1) is 0 Å². The van der Waals surface area contributed by atoms with Gasteiger partial charge >= 0.3 is 0 Å². The SMILES string of the molecule is CN(C(=O)CN(CCCO)C1CCc2ccccc21)C1CC1. The molecule has 4 nitrogen and oxygen atoms in total. The maximum Gasteiger partial charge on any atom is 0.236 e. The van der Waals surface area contributed by atoms with Gasteiger partial charge in [-0.1, -0.05) is 24.3 Å². The molecule has 2 aliphatic carbocycles. The summed E-state index contributed by atoms with van der Waals surface area (Å²) in [4.78, 5) is 16.7. The van der Waals surface area contributed by atoms with Gasteiger partial charge in [0.05, 0.1) is 6.54 Å². The number of aliphatic hydroxyl groups is 1. The molecule has 1 unspecified atom stereocenters. The molecule has 0 aliphatic heterocycles. The van der Waals surface area contributed by atoms with Gasteiger partial charge < -0.3 is 10.0 Å². The fourth-order valence-corrected chi connectivity index (χ4v) is 3.48. The smallest absolute Gasteiger partial charge is 0.236 e. The molecular weight excluding hydrogens is 276 g/mol. The summed E-state index contributed by atoms with van der Waals surface area (Å²) in [6.07, 6.45) is 5.17. The van der Waals surface area contributed by atoms with Crippen molar-refractivity contribution in [3.8, 4) is 0 Å². The maximum absolute atomic E-state index is 12.5. The first-order valence-corrected chi connectivity index (χ1v) is 8.39. The summed E-state index contributed by atoms with van der Waals surface area (Å²) < 4.78 is 0. The minimum absolute atomic E-state index is 0.178. The van der Waals surface area contributed by atoms with Crippen LogP contribution in [0, 0.1) is 0 Å². The third-order valence-corrected chi connectivity index (χ3v) is 4.97. The van der Waals surface area contributed by atoms with Crippen LogP contribution in [0.3, 0.4) is 0 Å². The van der Waals surface area contributed by atoms with E-state index in [0.29, 0.717) is 18.6 Å². The Kier molecular flexibility index (Phi) is 4.79. The largest absolute Gasteiger partial charge is 0.396 e. The summed E-state index contributed by atoms with van der Waals surface area (Å²) in [7, 11) is 1.92. The van der Waals surface area contributed by atoms with Crippen LogP contribution < -0.4 is 0 Å². The van der Waals surface area contributed by atoms with Crippen LogP contribution in [0.25, 0.3) is 0 Å². The summed E-state index contributed by atoms with van der Waals surface area (Å²) in [5.41, 5.74) is 2.77. The van der Waals surface area contributed by atoms with Crippen LogP contribution in [-0.4, -0.2) is 53.6 Å². The van der Waals surface area contributed by atoms with E-state index in [-0.39, 0.29) is 12.5 Å². The van der Waals surface area contributed by atoms with E-state index >= 15 is 0 Å². The Hall–Kier alpha value is -1.39. The van der Waals surface area contributed by atoms with Crippen LogP contribution in [0.4, 0.5) is 0 Å². The first-order valence-electron chi connectivity index (χ1n) is 8.39. The van der Waals surface area contributed by atoms with E-state index in [9.17, 15) is 9.90 Å². The van der Waals surface area contributed by atoms with Crippen molar-refractivity contribution in [3.05, 3.63) is 35.4 Å². The van der Waals surface area contributed by atoms with Crippen molar-refractivity contribution < 1.29 is 9.90 Å². The van der Waals surface area contributed by atoms with Gasteiger partial charge in [-0.2, -0.15) is 0 Å². The lowest BCUT2D eigenvalue weighted by atomic mass is 10.1. The molecule has 0 saturated heterocycles. The first-order chi connectivity index (χ1) is 10.7. The molecule has 1 saturated carbocycles. The lowest BCUT2D eigenvalue weighted by Crippen LogP contribution is -2.41. The van der Waals surface area contributed by atoms with E-state index in [0.717, 1.165) is 38.6 Å². The van der Waals surface area contributed by atoms with Crippen molar-refractivity contribution >= 4 is 5.91 Å². The molecule has 1 atom stereocenters. The highest BCUT2D eigenvalue weighted by molar-refractivity contribution is 5.78. The van der Waals surface area contributed by atoms with Gasteiger partial charge in [-0.3, -0.25) is 9.69 Å². The van der Waals surface area contributed by atoms with Gasteiger partial charge in [0.2, 0.25) is 5.91 Å². The first kappa shape index (κ1) is 15.5. The number of amides is 1. The van der Waals surface area contributed by atoms with Crippen molar-refractivity contribution in [1.82, 2.24) is 9.80 Å². The van der Waals surface area contributed by atoms with Crippen molar-refractivity contribution in [2.45, 2.75) is 44.2 Å². The number of aryl methyl sites for hydroxylation is 1. The average Bonchev–Trinajstić information content (AvgIpc) is 3.30. The van der Waals surface area contributed by atoms with Gasteiger partial charge in [-0.25, -0.2) is 0 Å². The summed E-state index contributed by atoms with van der Waals surface area (Å²) in [5, 5.41) is 9.17. The zero-order chi connectivity index (χ0) is 15.5. The third kappa shape index (κ3) is 3.33. The molecule has 0 bridgehead atoms. The van der Waals surface area contributed by atoms with Crippen LogP contribution in [0.15, 0.2) is 24.3 Å². The fourth-order valence-electron chi connectivity index (χ4n) is 3.48. The van der Waals surface area contributed by atoms with Crippen molar-refractivity contribution in [3.63, 3.8) is 0 Å². The molecule has 1 N–H and O–H groups in total. The van der Waals surface area contributed by atoms with E-state index in [1.54, 1.807) is 0 Å². The molecule has 3 rings (SSSR count). The summed E-state index contributed by atoms with van der Waals surface area (Å²) in [6, 6.07) is 9.33. The molecule has 0 radical (unpaired) electrons. The number of carbonyl (C=O) groups is 1. The second kappa shape index (κ2) is 6.80. The third-order valence-electron chi connectivity index (χ3n) is 4.97. The molecule has 1 amide bonds. The number of fused-ring (bicyclic) bond motifs is 1. The second-order valence-corrected chi connectivity index (χ2v) is 6.54. The summed E-state index contributed by atoms with van der Waals surface area (Å²) >= 11 is 0. The molecule has 2 aliphatic rings. The topological polar surface area (TPSA) is 43.8 Å². The van der Waals surface area contributed by atoms with Gasteiger partial charge in [0, 0.05) is 32.3 Å². The molecule has 120 valence electrons. The standard InChI is InChI=1S/C18H26N2O2/c1-19(15-8-9-15)18(22)13-20(11-4-12-21)17-10-7-14-5-2-3-6-16(14)17/h2-3,5-6,15,17,21H,4,7-13H2,1H3. The molecule has 1 aromatic carbocycles. The molecule has 0 heterocycles. The van der Waals surface area contributed by atoms with Crippen LogP contribution in [-0.2, 0) is 11.2 Å². The number of hydrogen-bond donors (Lipinski definition) is 1. The number of benzene rings is 1. The Morgan fingerprint density at radius 1 is 1.27 bits per heavy atom. The van der Waals surface area contributed by atoms with E-state index in [1.165, 1.54) is 11.1 Å². The molecular formula is C18H26N2O2. The van der Waals surface area contributed by atoms with Crippen LogP contribution in [0.1, 0.15) is 42.9 Å². The highest BCUT2D eigenvalue weighted by Crippen LogP contribution is 2.36. The van der Waals surface area contributed by atoms with Gasteiger partial charge in [0.15, 0.2) is 0 Å². The number of hydrogen-bond acceptors (Lipinski definition) is 3. The van der Waals surface area contributed by atoms with Crippen molar-refractivity contribution in [1.29, 1.82) is 0 Å².